The smallest absolute Gasteiger partial charge is 0.257 e. The lowest BCUT2D eigenvalue weighted by molar-refractivity contribution is 0.102. The largest absolute Gasteiger partial charge is 0.392 e. The summed E-state index contributed by atoms with van der Waals surface area (Å²) in [6.07, 6.45) is 3.22. The summed E-state index contributed by atoms with van der Waals surface area (Å²) >= 11 is 0. The van der Waals surface area contributed by atoms with E-state index in [1.54, 1.807) is 42.6 Å². The number of nitrogens with one attached hydrogen (secondary N) is 1. The van der Waals surface area contributed by atoms with Crippen molar-refractivity contribution < 1.29 is 9.90 Å². The number of aromatic nitrogens is 2. The van der Waals surface area contributed by atoms with E-state index in [0.29, 0.717) is 16.9 Å². The highest BCUT2D eigenvalue weighted by Gasteiger charge is 2.08. The van der Waals surface area contributed by atoms with Gasteiger partial charge in [0, 0.05) is 18.1 Å². The van der Waals surface area contributed by atoms with Crippen molar-refractivity contribution in [1.82, 2.24) is 9.97 Å². The maximum atomic E-state index is 12.2. The summed E-state index contributed by atoms with van der Waals surface area (Å²) in [6, 6.07) is 16.1. The van der Waals surface area contributed by atoms with Crippen LogP contribution in [0.2, 0.25) is 0 Å². The van der Waals surface area contributed by atoms with Crippen LogP contribution >= 0.6 is 0 Å². The summed E-state index contributed by atoms with van der Waals surface area (Å²) in [5, 5.41) is 11.9. The van der Waals surface area contributed by atoms with E-state index >= 15 is 0 Å². The Morgan fingerprint density at radius 3 is 2.57 bits per heavy atom. The van der Waals surface area contributed by atoms with Crippen molar-refractivity contribution >= 4 is 11.6 Å². The third kappa shape index (κ3) is 3.59. The van der Waals surface area contributed by atoms with Crippen molar-refractivity contribution in [3.63, 3.8) is 0 Å². The first-order valence-corrected chi connectivity index (χ1v) is 7.15. The molecule has 23 heavy (non-hydrogen) atoms. The second-order valence-corrected chi connectivity index (χ2v) is 4.96. The zero-order chi connectivity index (χ0) is 16.1. The second-order valence-electron chi connectivity index (χ2n) is 4.96. The van der Waals surface area contributed by atoms with Crippen molar-refractivity contribution in [2.45, 2.75) is 6.61 Å². The van der Waals surface area contributed by atoms with Gasteiger partial charge in [0.25, 0.3) is 5.91 Å². The fraction of sp³-hybridized carbons (Fsp3) is 0.0556. The number of carbonyl (C=O) groups excluding carboxylic acids is 1. The molecular weight excluding hydrogens is 290 g/mol. The maximum absolute atomic E-state index is 12.2. The van der Waals surface area contributed by atoms with Gasteiger partial charge in [0.05, 0.1) is 23.6 Å². The van der Waals surface area contributed by atoms with Crippen molar-refractivity contribution in [2.24, 2.45) is 0 Å². The van der Waals surface area contributed by atoms with Gasteiger partial charge < -0.3 is 10.4 Å². The van der Waals surface area contributed by atoms with Crippen LogP contribution in [0.1, 0.15) is 15.9 Å². The molecule has 0 aliphatic rings. The number of hydrogen-bond donors (Lipinski definition) is 2. The van der Waals surface area contributed by atoms with Gasteiger partial charge >= 0.3 is 0 Å². The Bertz CT molecular complexity index is 802. The van der Waals surface area contributed by atoms with Crippen LogP contribution in [0, 0.1) is 0 Å². The highest BCUT2D eigenvalue weighted by atomic mass is 16.3. The van der Waals surface area contributed by atoms with E-state index in [1.165, 1.54) is 6.20 Å². The normalized spacial score (nSPS) is 10.3. The molecule has 0 bridgehead atoms. The lowest BCUT2D eigenvalue weighted by atomic mass is 10.2. The van der Waals surface area contributed by atoms with Crippen molar-refractivity contribution in [1.29, 1.82) is 0 Å². The molecule has 1 amide bonds. The monoisotopic (exact) mass is 305 g/mol. The number of hydrogen-bond acceptors (Lipinski definition) is 4. The maximum Gasteiger partial charge on any atom is 0.257 e. The van der Waals surface area contributed by atoms with Gasteiger partial charge in [-0.2, -0.15) is 0 Å². The van der Waals surface area contributed by atoms with Gasteiger partial charge in [-0.05, 0) is 42.0 Å². The third-order valence-corrected chi connectivity index (χ3v) is 3.32. The molecule has 3 aromatic rings. The predicted octanol–water partition coefficient (Wildman–Crippen LogP) is 2.89. The van der Waals surface area contributed by atoms with Gasteiger partial charge in [0.1, 0.15) is 0 Å². The van der Waals surface area contributed by atoms with Gasteiger partial charge in [0.2, 0.25) is 0 Å². The van der Waals surface area contributed by atoms with Crippen LogP contribution in [-0.4, -0.2) is 21.0 Å². The Balaban J connectivity index is 1.75. The van der Waals surface area contributed by atoms with Gasteiger partial charge in [-0.1, -0.05) is 18.2 Å². The molecule has 5 heteroatoms. The van der Waals surface area contributed by atoms with Crippen LogP contribution in [0.25, 0.3) is 11.4 Å². The Hall–Kier alpha value is -3.05. The van der Waals surface area contributed by atoms with Crippen LogP contribution < -0.4 is 5.32 Å². The Morgan fingerprint density at radius 2 is 1.87 bits per heavy atom. The van der Waals surface area contributed by atoms with E-state index < -0.39 is 0 Å². The minimum Gasteiger partial charge on any atom is -0.392 e. The SMILES string of the molecule is O=C(Nc1cccc(CO)c1)c1ccc(-c2ccccn2)nc1. The molecule has 0 aliphatic carbocycles. The average Bonchev–Trinajstić information content (AvgIpc) is 2.63. The number of rotatable bonds is 4. The third-order valence-electron chi connectivity index (χ3n) is 3.32. The van der Waals surface area contributed by atoms with Gasteiger partial charge in [-0.15, -0.1) is 0 Å². The zero-order valence-electron chi connectivity index (χ0n) is 12.3. The standard InChI is InChI=1S/C18H15N3O2/c22-12-13-4-3-5-15(10-13)21-18(23)14-7-8-17(20-11-14)16-6-1-2-9-19-16/h1-11,22H,12H2,(H,21,23). The summed E-state index contributed by atoms with van der Waals surface area (Å²) in [5.74, 6) is -0.250. The fourth-order valence-electron chi connectivity index (χ4n) is 2.14. The van der Waals surface area contributed by atoms with Crippen molar-refractivity contribution in [3.05, 3.63) is 78.1 Å². The molecule has 0 fully saturated rings. The quantitative estimate of drug-likeness (QED) is 0.777. The fourth-order valence-corrected chi connectivity index (χ4v) is 2.14. The molecule has 1 aromatic carbocycles. The first-order chi connectivity index (χ1) is 11.3. The van der Waals surface area contributed by atoms with Gasteiger partial charge in [-0.25, -0.2) is 0 Å². The molecule has 2 N–H and O–H groups in total. The molecule has 0 radical (unpaired) electrons. The molecule has 0 saturated carbocycles. The van der Waals surface area contributed by atoms with Crippen molar-refractivity contribution in [2.75, 3.05) is 5.32 Å². The minimum atomic E-state index is -0.250. The number of nitrogens with zero attached hydrogens (tertiary/aromatic N) is 2. The number of anilines is 1. The first kappa shape index (κ1) is 14.9. The second kappa shape index (κ2) is 6.81. The number of pyridine rings is 2. The van der Waals surface area contributed by atoms with E-state index in [2.05, 4.69) is 15.3 Å². The van der Waals surface area contributed by atoms with E-state index in [1.807, 2.05) is 18.2 Å². The zero-order valence-corrected chi connectivity index (χ0v) is 12.3. The Kier molecular flexibility index (Phi) is 4.40. The Labute approximate surface area is 133 Å². The number of amides is 1. The van der Waals surface area contributed by atoms with Gasteiger partial charge in [-0.3, -0.25) is 14.8 Å². The molecule has 3 rings (SSSR count). The van der Waals surface area contributed by atoms with Crippen LogP contribution in [0.3, 0.4) is 0 Å². The average molecular weight is 305 g/mol. The van der Waals surface area contributed by atoms with Crippen LogP contribution in [0.4, 0.5) is 5.69 Å². The highest BCUT2D eigenvalue weighted by Crippen LogP contribution is 2.15. The van der Waals surface area contributed by atoms with E-state index in [9.17, 15) is 4.79 Å². The molecule has 5 nitrogen and oxygen atoms in total. The molecule has 2 heterocycles. The number of benzene rings is 1. The highest BCUT2D eigenvalue weighted by molar-refractivity contribution is 6.04. The van der Waals surface area contributed by atoms with Crippen molar-refractivity contribution in [3.8, 4) is 11.4 Å². The summed E-state index contributed by atoms with van der Waals surface area (Å²) < 4.78 is 0. The van der Waals surface area contributed by atoms with Gasteiger partial charge in [0.15, 0.2) is 0 Å². The van der Waals surface area contributed by atoms with Crippen LogP contribution in [0.5, 0.6) is 0 Å². The number of aliphatic hydroxyl groups excluding tert-OH is 1. The lowest BCUT2D eigenvalue weighted by Gasteiger charge is -2.07. The molecule has 114 valence electrons. The molecule has 0 aliphatic heterocycles. The molecule has 0 saturated heterocycles. The van der Waals surface area contributed by atoms with Crippen LogP contribution in [-0.2, 0) is 6.61 Å². The van der Waals surface area contributed by atoms with E-state index in [4.69, 9.17) is 5.11 Å². The van der Waals surface area contributed by atoms with E-state index in [-0.39, 0.29) is 12.5 Å². The molecule has 2 aromatic heterocycles. The lowest BCUT2D eigenvalue weighted by Crippen LogP contribution is -2.12. The number of carbonyl (C=O) groups is 1. The number of aliphatic hydroxyl groups is 1. The summed E-state index contributed by atoms with van der Waals surface area (Å²) in [4.78, 5) is 20.7. The molecule has 0 spiro atoms. The topological polar surface area (TPSA) is 75.1 Å². The predicted molar refractivity (Wildman–Crippen MR) is 87.8 cm³/mol. The molecular formula is C18H15N3O2. The molecule has 0 atom stereocenters. The molecule has 0 unspecified atom stereocenters. The summed E-state index contributed by atoms with van der Waals surface area (Å²) in [6.45, 7) is -0.0654. The van der Waals surface area contributed by atoms with Crippen LogP contribution in [0.15, 0.2) is 67.0 Å². The summed E-state index contributed by atoms with van der Waals surface area (Å²) in [5.41, 5.74) is 3.31. The Morgan fingerprint density at radius 1 is 1.00 bits per heavy atom. The van der Waals surface area contributed by atoms with E-state index in [0.717, 1.165) is 11.3 Å². The first-order valence-electron chi connectivity index (χ1n) is 7.15. The minimum absolute atomic E-state index is 0.0654. The summed E-state index contributed by atoms with van der Waals surface area (Å²) in [7, 11) is 0.